The smallest absolute Gasteiger partial charge is 0.251 e. The summed E-state index contributed by atoms with van der Waals surface area (Å²) in [5.74, 6) is 0.0281. The summed E-state index contributed by atoms with van der Waals surface area (Å²) < 4.78 is 0. The summed E-state index contributed by atoms with van der Waals surface area (Å²) in [4.78, 5) is 16.5. The van der Waals surface area contributed by atoms with Gasteiger partial charge in [-0.1, -0.05) is 12.1 Å². The molecule has 0 saturated heterocycles. The average Bonchev–Trinajstić information content (AvgIpc) is 3.00. The van der Waals surface area contributed by atoms with Gasteiger partial charge in [0.25, 0.3) is 5.91 Å². The van der Waals surface area contributed by atoms with E-state index >= 15 is 0 Å². The highest BCUT2D eigenvalue weighted by atomic mass is 32.1. The van der Waals surface area contributed by atoms with E-state index in [1.54, 1.807) is 17.5 Å². The first-order valence-corrected chi connectivity index (χ1v) is 7.70. The van der Waals surface area contributed by atoms with Gasteiger partial charge in [0, 0.05) is 36.7 Å². The van der Waals surface area contributed by atoms with Crippen molar-refractivity contribution in [3.05, 3.63) is 51.5 Å². The number of aromatic nitrogens is 1. The Hall–Kier alpha value is -1.72. The van der Waals surface area contributed by atoms with E-state index in [9.17, 15) is 4.79 Å². The van der Waals surface area contributed by atoms with Crippen LogP contribution in [0.5, 0.6) is 0 Å². The summed E-state index contributed by atoms with van der Waals surface area (Å²) in [5, 5.41) is 9.34. The lowest BCUT2D eigenvalue weighted by Crippen LogP contribution is -2.30. The number of hydrogen-bond donors (Lipinski definition) is 2. The van der Waals surface area contributed by atoms with Crippen molar-refractivity contribution in [1.29, 1.82) is 0 Å². The van der Waals surface area contributed by atoms with Crippen LogP contribution in [0.4, 0.5) is 0 Å². The quantitative estimate of drug-likeness (QED) is 0.901. The zero-order valence-electron chi connectivity index (χ0n) is 11.2. The van der Waals surface area contributed by atoms with Crippen molar-refractivity contribution in [3.8, 4) is 0 Å². The monoisotopic (exact) mass is 287 g/mol. The maximum atomic E-state index is 12.3. The Bertz CT molecular complexity index is 595. The number of nitrogens with zero attached hydrogens (tertiary/aromatic N) is 1. The summed E-state index contributed by atoms with van der Waals surface area (Å²) in [6, 6.07) is 5.97. The molecule has 1 amide bonds. The topological polar surface area (TPSA) is 54.0 Å². The molecular formula is C15H17N3OS. The van der Waals surface area contributed by atoms with Crippen LogP contribution in [0.2, 0.25) is 0 Å². The van der Waals surface area contributed by atoms with Gasteiger partial charge in [-0.25, -0.2) is 4.98 Å². The van der Waals surface area contributed by atoms with E-state index in [1.807, 2.05) is 17.5 Å². The first-order chi connectivity index (χ1) is 9.84. The highest BCUT2D eigenvalue weighted by Gasteiger charge is 2.16. The van der Waals surface area contributed by atoms with E-state index in [0.29, 0.717) is 6.54 Å². The number of hydrogen-bond acceptors (Lipinski definition) is 4. The van der Waals surface area contributed by atoms with Gasteiger partial charge in [0.1, 0.15) is 0 Å². The maximum Gasteiger partial charge on any atom is 0.251 e. The molecule has 0 bridgehead atoms. The molecule has 4 nitrogen and oxygen atoms in total. The fraction of sp³-hybridized carbons (Fsp3) is 0.333. The molecule has 0 radical (unpaired) electrons. The van der Waals surface area contributed by atoms with Gasteiger partial charge in [-0.3, -0.25) is 4.79 Å². The van der Waals surface area contributed by atoms with Crippen LogP contribution < -0.4 is 10.6 Å². The Morgan fingerprint density at radius 2 is 2.40 bits per heavy atom. The van der Waals surface area contributed by atoms with Crippen LogP contribution in [0.15, 0.2) is 29.8 Å². The maximum absolute atomic E-state index is 12.3. The number of rotatable bonds is 4. The zero-order valence-corrected chi connectivity index (χ0v) is 12.0. The molecule has 0 unspecified atom stereocenters. The van der Waals surface area contributed by atoms with E-state index in [1.165, 1.54) is 11.1 Å². The van der Waals surface area contributed by atoms with E-state index in [4.69, 9.17) is 0 Å². The molecule has 2 heterocycles. The van der Waals surface area contributed by atoms with Crippen LogP contribution in [0.25, 0.3) is 0 Å². The minimum atomic E-state index is 0.0281. The van der Waals surface area contributed by atoms with Crippen molar-refractivity contribution in [2.45, 2.75) is 19.4 Å². The third-order valence-electron chi connectivity index (χ3n) is 3.49. The Balaban J connectivity index is 1.65. The predicted octanol–water partition coefficient (Wildman–Crippen LogP) is 1.76. The molecule has 1 aromatic heterocycles. The van der Waals surface area contributed by atoms with Crippen molar-refractivity contribution in [2.75, 3.05) is 13.1 Å². The minimum Gasteiger partial charge on any atom is -0.352 e. The Labute approximate surface area is 122 Å². The average molecular weight is 287 g/mol. The molecule has 2 N–H and O–H groups in total. The number of nitrogens with one attached hydrogen (secondary N) is 2. The number of thiazole rings is 1. The SMILES string of the molecule is O=C(NCCc1nccs1)c1cccc2c1CCNC2. The molecule has 0 atom stereocenters. The van der Waals surface area contributed by atoms with E-state index in [2.05, 4.69) is 21.7 Å². The fourth-order valence-corrected chi connectivity index (χ4v) is 3.12. The Kier molecular flexibility index (Phi) is 4.08. The van der Waals surface area contributed by atoms with Gasteiger partial charge < -0.3 is 10.6 Å². The van der Waals surface area contributed by atoms with E-state index < -0.39 is 0 Å². The second-order valence-corrected chi connectivity index (χ2v) is 5.78. The minimum absolute atomic E-state index is 0.0281. The van der Waals surface area contributed by atoms with Crippen molar-refractivity contribution >= 4 is 17.2 Å². The molecule has 1 aliphatic heterocycles. The largest absolute Gasteiger partial charge is 0.352 e. The van der Waals surface area contributed by atoms with Crippen LogP contribution in [0, 0.1) is 0 Å². The lowest BCUT2D eigenvalue weighted by molar-refractivity contribution is 0.0953. The molecule has 20 heavy (non-hydrogen) atoms. The molecule has 1 aliphatic rings. The number of benzene rings is 1. The predicted molar refractivity (Wildman–Crippen MR) is 80.0 cm³/mol. The molecular weight excluding hydrogens is 270 g/mol. The van der Waals surface area contributed by atoms with Gasteiger partial charge in [-0.15, -0.1) is 11.3 Å². The highest BCUT2D eigenvalue weighted by molar-refractivity contribution is 7.09. The highest BCUT2D eigenvalue weighted by Crippen LogP contribution is 2.18. The van der Waals surface area contributed by atoms with Crippen LogP contribution in [0.3, 0.4) is 0 Å². The second kappa shape index (κ2) is 6.15. The normalized spacial score (nSPS) is 13.8. The van der Waals surface area contributed by atoms with Gasteiger partial charge in [0.05, 0.1) is 5.01 Å². The molecule has 1 aromatic carbocycles. The molecule has 0 aliphatic carbocycles. The van der Waals surface area contributed by atoms with E-state index in [-0.39, 0.29) is 5.91 Å². The van der Waals surface area contributed by atoms with Crippen LogP contribution in [-0.2, 0) is 19.4 Å². The van der Waals surface area contributed by atoms with Crippen LogP contribution in [0.1, 0.15) is 26.5 Å². The molecule has 5 heteroatoms. The van der Waals surface area contributed by atoms with Gasteiger partial charge in [0.2, 0.25) is 0 Å². The molecule has 0 spiro atoms. The van der Waals surface area contributed by atoms with Gasteiger partial charge in [0.15, 0.2) is 0 Å². The molecule has 0 saturated carbocycles. The van der Waals surface area contributed by atoms with Crippen molar-refractivity contribution in [3.63, 3.8) is 0 Å². The number of carbonyl (C=O) groups is 1. The summed E-state index contributed by atoms with van der Waals surface area (Å²) >= 11 is 1.62. The summed E-state index contributed by atoms with van der Waals surface area (Å²) in [6.45, 7) is 2.43. The second-order valence-electron chi connectivity index (χ2n) is 4.80. The van der Waals surface area contributed by atoms with Crippen molar-refractivity contribution in [1.82, 2.24) is 15.6 Å². The molecule has 3 rings (SSSR count). The zero-order chi connectivity index (χ0) is 13.8. The fourth-order valence-electron chi connectivity index (χ4n) is 2.50. The van der Waals surface area contributed by atoms with Crippen LogP contribution in [-0.4, -0.2) is 24.0 Å². The van der Waals surface area contributed by atoms with Crippen LogP contribution >= 0.6 is 11.3 Å². The number of carbonyl (C=O) groups excluding carboxylic acids is 1. The molecule has 2 aromatic rings. The van der Waals surface area contributed by atoms with Crippen molar-refractivity contribution < 1.29 is 4.79 Å². The van der Waals surface area contributed by atoms with Crippen molar-refractivity contribution in [2.24, 2.45) is 0 Å². The number of amides is 1. The summed E-state index contributed by atoms with van der Waals surface area (Å²) in [7, 11) is 0. The van der Waals surface area contributed by atoms with Gasteiger partial charge in [-0.05, 0) is 30.2 Å². The lowest BCUT2D eigenvalue weighted by atomic mass is 9.95. The van der Waals surface area contributed by atoms with E-state index in [0.717, 1.165) is 36.5 Å². The Morgan fingerprint density at radius 3 is 3.25 bits per heavy atom. The first-order valence-electron chi connectivity index (χ1n) is 6.82. The van der Waals surface area contributed by atoms with Gasteiger partial charge in [-0.2, -0.15) is 0 Å². The number of fused-ring (bicyclic) bond motifs is 1. The molecule has 0 fully saturated rings. The Morgan fingerprint density at radius 1 is 1.45 bits per heavy atom. The third-order valence-corrected chi connectivity index (χ3v) is 4.33. The standard InChI is InChI=1S/C15H17N3OS/c19-15(18-7-5-14-17-8-9-20-14)13-3-1-2-11-10-16-6-4-12(11)13/h1-3,8-9,16H,4-7,10H2,(H,18,19). The third kappa shape index (κ3) is 2.89. The van der Waals surface area contributed by atoms with Gasteiger partial charge >= 0.3 is 0 Å². The summed E-state index contributed by atoms with van der Waals surface area (Å²) in [6.07, 6.45) is 3.51. The first kappa shape index (κ1) is 13.3. The summed E-state index contributed by atoms with van der Waals surface area (Å²) in [5.41, 5.74) is 3.25. The molecule has 104 valence electrons. The lowest BCUT2D eigenvalue weighted by Gasteiger charge is -2.19.